The number of amides is 1. The lowest BCUT2D eigenvalue weighted by atomic mass is 10.1. The Morgan fingerprint density at radius 3 is 2.53 bits per heavy atom. The van der Waals surface area contributed by atoms with Crippen molar-refractivity contribution >= 4 is 33.6 Å². The quantitative estimate of drug-likeness (QED) is 0.732. The normalized spacial score (nSPS) is 15.4. The lowest BCUT2D eigenvalue weighted by Crippen LogP contribution is -2.41. The van der Waals surface area contributed by atoms with E-state index in [0.717, 1.165) is 20.5 Å². The molecule has 0 N–H and O–H groups in total. The summed E-state index contributed by atoms with van der Waals surface area (Å²) >= 11 is 5.13. The summed E-state index contributed by atoms with van der Waals surface area (Å²) < 4.78 is 1.05. The van der Waals surface area contributed by atoms with Crippen LogP contribution in [0.2, 0.25) is 0 Å². The number of carbonyl (C=O) groups excluding carboxylic acids is 1. The Bertz CT molecular complexity index is 479. The highest BCUT2D eigenvalue weighted by atomic mass is 79.9. The van der Waals surface area contributed by atoms with Crippen molar-refractivity contribution in [1.29, 1.82) is 0 Å². The molecule has 0 spiro atoms. The molecule has 0 atom stereocenters. The maximum absolute atomic E-state index is 12.4. The first-order valence-electron chi connectivity index (χ1n) is 5.53. The second kappa shape index (κ2) is 4.32. The summed E-state index contributed by atoms with van der Waals surface area (Å²) in [6.45, 7) is 6.93. The largest absolute Gasteiger partial charge is 0.329 e. The minimum absolute atomic E-state index is 0.127. The number of hydrogen-bond donors (Lipinski definition) is 0. The molecule has 0 fully saturated rings. The molecule has 1 aliphatic rings. The van der Waals surface area contributed by atoms with Crippen LogP contribution in [-0.4, -0.2) is 22.6 Å². The van der Waals surface area contributed by atoms with E-state index in [1.54, 1.807) is 11.8 Å². The van der Waals surface area contributed by atoms with Gasteiger partial charge in [-0.2, -0.15) is 0 Å². The van der Waals surface area contributed by atoms with Crippen molar-refractivity contribution in [1.82, 2.24) is 4.90 Å². The fourth-order valence-corrected chi connectivity index (χ4v) is 3.41. The molecular weight excluding hydrogens is 298 g/mol. The molecule has 4 heteroatoms. The van der Waals surface area contributed by atoms with Gasteiger partial charge in [-0.05, 0) is 44.7 Å². The van der Waals surface area contributed by atoms with Gasteiger partial charge in [0.1, 0.15) is 0 Å². The summed E-state index contributed by atoms with van der Waals surface area (Å²) in [5.41, 5.74) is 1.89. The van der Waals surface area contributed by atoms with Crippen LogP contribution in [0.25, 0.3) is 0 Å². The van der Waals surface area contributed by atoms with Crippen LogP contribution in [0.3, 0.4) is 0 Å². The molecule has 0 aliphatic carbocycles. The van der Waals surface area contributed by atoms with Crippen molar-refractivity contribution in [2.75, 3.05) is 6.26 Å². The minimum Gasteiger partial charge on any atom is -0.329 e. The third kappa shape index (κ3) is 2.25. The van der Waals surface area contributed by atoms with E-state index in [0.29, 0.717) is 6.54 Å². The zero-order valence-corrected chi connectivity index (χ0v) is 12.9. The van der Waals surface area contributed by atoms with Gasteiger partial charge in [0.05, 0.1) is 5.56 Å². The molecule has 0 saturated heterocycles. The summed E-state index contributed by atoms with van der Waals surface area (Å²) in [5.74, 6) is 0.157. The highest BCUT2D eigenvalue weighted by molar-refractivity contribution is 9.10. The van der Waals surface area contributed by atoms with Crippen LogP contribution in [-0.2, 0) is 6.54 Å². The molecule has 0 radical (unpaired) electrons. The van der Waals surface area contributed by atoms with Gasteiger partial charge >= 0.3 is 0 Å². The molecule has 0 saturated carbocycles. The third-order valence-corrected chi connectivity index (χ3v) is 4.19. The molecule has 0 bridgehead atoms. The van der Waals surface area contributed by atoms with Gasteiger partial charge in [-0.15, -0.1) is 11.8 Å². The average Bonchev–Trinajstić information content (AvgIpc) is 2.54. The van der Waals surface area contributed by atoms with Gasteiger partial charge < -0.3 is 4.90 Å². The van der Waals surface area contributed by atoms with Crippen LogP contribution in [0, 0.1) is 0 Å². The van der Waals surface area contributed by atoms with Crippen LogP contribution < -0.4 is 0 Å². The molecule has 0 unspecified atom stereocenters. The van der Waals surface area contributed by atoms with E-state index in [-0.39, 0.29) is 11.4 Å². The number of rotatable bonds is 1. The van der Waals surface area contributed by atoms with E-state index in [1.165, 1.54) is 0 Å². The summed E-state index contributed by atoms with van der Waals surface area (Å²) in [5, 5.41) is 0. The van der Waals surface area contributed by atoms with Gasteiger partial charge in [0.2, 0.25) is 0 Å². The Labute approximate surface area is 115 Å². The monoisotopic (exact) mass is 313 g/mol. The highest BCUT2D eigenvalue weighted by Crippen LogP contribution is 2.36. The molecule has 1 aromatic carbocycles. The number of carbonyl (C=O) groups is 1. The number of nitrogens with zero attached hydrogens (tertiary/aromatic N) is 1. The van der Waals surface area contributed by atoms with E-state index in [9.17, 15) is 4.79 Å². The predicted octanol–water partition coefficient (Wildman–Crippen LogP) is 3.93. The highest BCUT2D eigenvalue weighted by Gasteiger charge is 2.36. The molecule has 17 heavy (non-hydrogen) atoms. The number of fused-ring (bicyclic) bond motifs is 1. The zero-order valence-electron chi connectivity index (χ0n) is 10.5. The van der Waals surface area contributed by atoms with E-state index >= 15 is 0 Å². The van der Waals surface area contributed by atoms with Gasteiger partial charge in [0.25, 0.3) is 5.91 Å². The average molecular weight is 314 g/mol. The molecule has 1 aliphatic heterocycles. The topological polar surface area (TPSA) is 20.3 Å². The lowest BCUT2D eigenvalue weighted by Gasteiger charge is -2.31. The Kier molecular flexibility index (Phi) is 3.29. The van der Waals surface area contributed by atoms with Crippen LogP contribution in [0.4, 0.5) is 0 Å². The number of halogens is 1. The van der Waals surface area contributed by atoms with Crippen LogP contribution >= 0.6 is 27.7 Å². The summed E-state index contributed by atoms with van der Waals surface area (Å²) in [7, 11) is 0. The first kappa shape index (κ1) is 13.0. The molecule has 2 rings (SSSR count). The standard InChI is InChI=1S/C13H16BrNOS/c1-13(2,3)15-7-8-5-9(14)6-10(17-4)11(8)12(15)16/h5-6H,7H2,1-4H3. The fourth-order valence-electron chi connectivity index (χ4n) is 2.08. The first-order valence-corrected chi connectivity index (χ1v) is 7.54. The van der Waals surface area contributed by atoms with Gasteiger partial charge in [-0.1, -0.05) is 15.9 Å². The van der Waals surface area contributed by atoms with Crippen molar-refractivity contribution in [3.8, 4) is 0 Å². The Morgan fingerprint density at radius 1 is 1.35 bits per heavy atom. The number of thioether (sulfide) groups is 1. The maximum atomic E-state index is 12.4. The molecule has 2 nitrogen and oxygen atoms in total. The Balaban J connectivity index is 2.52. The van der Waals surface area contributed by atoms with Crippen LogP contribution in [0.1, 0.15) is 36.7 Å². The van der Waals surface area contributed by atoms with Crippen molar-refractivity contribution in [2.24, 2.45) is 0 Å². The van der Waals surface area contributed by atoms with Crippen molar-refractivity contribution in [3.63, 3.8) is 0 Å². The summed E-state index contributed by atoms with van der Waals surface area (Å²) in [6, 6.07) is 4.08. The maximum Gasteiger partial charge on any atom is 0.256 e. The molecule has 0 aromatic heterocycles. The van der Waals surface area contributed by atoms with Crippen molar-refractivity contribution < 1.29 is 4.79 Å². The van der Waals surface area contributed by atoms with Crippen molar-refractivity contribution in [2.45, 2.75) is 37.8 Å². The van der Waals surface area contributed by atoms with Gasteiger partial charge in [0, 0.05) is 21.5 Å². The van der Waals surface area contributed by atoms with Gasteiger partial charge in [0.15, 0.2) is 0 Å². The van der Waals surface area contributed by atoms with E-state index in [2.05, 4.69) is 42.8 Å². The smallest absolute Gasteiger partial charge is 0.256 e. The Morgan fingerprint density at radius 2 is 2.00 bits per heavy atom. The number of hydrogen-bond acceptors (Lipinski definition) is 2. The SMILES string of the molecule is CSc1cc(Br)cc2c1C(=O)N(C(C)(C)C)C2. The third-order valence-electron chi connectivity index (χ3n) is 2.97. The molecule has 1 heterocycles. The second-order valence-corrected chi connectivity index (χ2v) is 6.97. The summed E-state index contributed by atoms with van der Waals surface area (Å²) in [6.07, 6.45) is 2.01. The second-order valence-electron chi connectivity index (χ2n) is 5.20. The molecule has 1 amide bonds. The molecular formula is C13H16BrNOS. The molecule has 92 valence electrons. The van der Waals surface area contributed by atoms with Gasteiger partial charge in [-0.3, -0.25) is 4.79 Å². The van der Waals surface area contributed by atoms with E-state index in [1.807, 2.05) is 17.2 Å². The Hall–Kier alpha value is -0.480. The van der Waals surface area contributed by atoms with Gasteiger partial charge in [-0.25, -0.2) is 0 Å². The molecule has 1 aromatic rings. The zero-order chi connectivity index (χ0) is 12.8. The first-order chi connectivity index (χ1) is 7.84. The van der Waals surface area contributed by atoms with Crippen molar-refractivity contribution in [3.05, 3.63) is 27.7 Å². The minimum atomic E-state index is -0.127. The predicted molar refractivity (Wildman–Crippen MR) is 75.5 cm³/mol. The number of benzene rings is 1. The fraction of sp³-hybridized carbons (Fsp3) is 0.462. The lowest BCUT2D eigenvalue weighted by molar-refractivity contribution is 0.0607. The van der Waals surface area contributed by atoms with E-state index in [4.69, 9.17) is 0 Å². The van der Waals surface area contributed by atoms with Crippen LogP contribution in [0.15, 0.2) is 21.5 Å². The summed E-state index contributed by atoms with van der Waals surface area (Å²) in [4.78, 5) is 15.4. The van der Waals surface area contributed by atoms with Crippen LogP contribution in [0.5, 0.6) is 0 Å². The van der Waals surface area contributed by atoms with E-state index < -0.39 is 0 Å².